The molecule has 0 saturated heterocycles. The van der Waals surface area contributed by atoms with Crippen LogP contribution in [0.1, 0.15) is 22.3 Å². The molecule has 1 unspecified atom stereocenters. The van der Waals surface area contributed by atoms with Gasteiger partial charge in [-0.1, -0.05) is 96.6 Å². The molecule has 0 fully saturated rings. The highest BCUT2D eigenvalue weighted by Gasteiger charge is 2.51. The van der Waals surface area contributed by atoms with Gasteiger partial charge in [0.05, 0.1) is 16.3 Å². The second kappa shape index (κ2) is 8.03. The quantitative estimate of drug-likeness (QED) is 0.445. The molecule has 0 amide bonds. The fourth-order valence-electron chi connectivity index (χ4n) is 4.30. The van der Waals surface area contributed by atoms with Crippen LogP contribution in [0.4, 0.5) is 5.69 Å². The first-order valence-electron chi connectivity index (χ1n) is 10.7. The van der Waals surface area contributed by atoms with E-state index >= 15 is 0 Å². The van der Waals surface area contributed by atoms with Crippen LogP contribution < -0.4 is 4.31 Å². The molecule has 1 atom stereocenters. The summed E-state index contributed by atoms with van der Waals surface area (Å²) in [7, 11) is -4.01. The molecule has 4 aromatic rings. The largest absolute Gasteiger partial charge is 0.374 e. The van der Waals surface area contributed by atoms with Gasteiger partial charge < -0.3 is 5.11 Å². The highest BCUT2D eigenvalue weighted by atomic mass is 32.2. The van der Waals surface area contributed by atoms with E-state index in [0.717, 1.165) is 11.1 Å². The van der Waals surface area contributed by atoms with Crippen LogP contribution in [-0.4, -0.2) is 13.5 Å². The van der Waals surface area contributed by atoms with Gasteiger partial charge in [-0.25, -0.2) is 12.7 Å². The monoisotopic (exact) mass is 453 g/mol. The third-order valence-corrected chi connectivity index (χ3v) is 7.70. The van der Waals surface area contributed by atoms with Crippen LogP contribution >= 0.6 is 0 Å². The van der Waals surface area contributed by atoms with Gasteiger partial charge in [-0.2, -0.15) is 0 Å². The van der Waals surface area contributed by atoms with Gasteiger partial charge in [0, 0.05) is 5.56 Å². The Balaban J connectivity index is 1.82. The molecule has 4 nitrogen and oxygen atoms in total. The van der Waals surface area contributed by atoms with Crippen molar-refractivity contribution >= 4 is 21.8 Å². The zero-order valence-corrected chi connectivity index (χ0v) is 18.9. The van der Waals surface area contributed by atoms with Crippen LogP contribution in [0, 0.1) is 6.92 Å². The maximum atomic E-state index is 14.0. The average molecular weight is 454 g/mol. The first-order chi connectivity index (χ1) is 15.9. The number of aryl methyl sites for hydroxylation is 1. The SMILES string of the molecule is Cc1ccc(S(=O)(=O)N2/C(=C\c3ccccc3)C(O)(c3ccccc3)c3ccccc32)cc1. The van der Waals surface area contributed by atoms with Gasteiger partial charge in [-0.05, 0) is 42.3 Å². The van der Waals surface area contributed by atoms with Crippen molar-refractivity contribution in [2.75, 3.05) is 4.31 Å². The molecular weight excluding hydrogens is 430 g/mol. The molecule has 0 spiro atoms. The van der Waals surface area contributed by atoms with Gasteiger partial charge in [-0.3, -0.25) is 0 Å². The number of benzene rings is 4. The predicted octanol–water partition coefficient (Wildman–Crippen LogP) is 5.48. The third kappa shape index (κ3) is 3.46. The van der Waals surface area contributed by atoms with Gasteiger partial charge >= 0.3 is 0 Å². The van der Waals surface area contributed by atoms with Crippen LogP contribution in [-0.2, 0) is 15.6 Å². The van der Waals surface area contributed by atoms with Crippen molar-refractivity contribution in [1.82, 2.24) is 0 Å². The Labute approximate surface area is 194 Å². The zero-order chi connectivity index (χ0) is 23.1. The first kappa shape index (κ1) is 21.2. The molecule has 5 heteroatoms. The van der Waals surface area contributed by atoms with Crippen LogP contribution in [0.15, 0.2) is 120 Å². The Morgan fingerprint density at radius 3 is 2.00 bits per heavy atom. The van der Waals surface area contributed by atoms with E-state index in [1.54, 1.807) is 48.5 Å². The first-order valence-corrected chi connectivity index (χ1v) is 12.1. The van der Waals surface area contributed by atoms with Gasteiger partial charge in [0.1, 0.15) is 0 Å². The van der Waals surface area contributed by atoms with Crippen molar-refractivity contribution in [3.63, 3.8) is 0 Å². The molecule has 0 saturated carbocycles. The number of para-hydroxylation sites is 1. The lowest BCUT2D eigenvalue weighted by Gasteiger charge is -2.29. The maximum absolute atomic E-state index is 14.0. The van der Waals surface area contributed by atoms with E-state index in [1.807, 2.05) is 73.7 Å². The molecule has 1 heterocycles. The van der Waals surface area contributed by atoms with E-state index in [0.29, 0.717) is 16.8 Å². The molecular formula is C28H23NO3S. The van der Waals surface area contributed by atoms with Crippen molar-refractivity contribution in [3.8, 4) is 0 Å². The van der Waals surface area contributed by atoms with Crippen molar-refractivity contribution < 1.29 is 13.5 Å². The van der Waals surface area contributed by atoms with Crippen molar-refractivity contribution in [1.29, 1.82) is 0 Å². The molecule has 0 aliphatic carbocycles. The summed E-state index contributed by atoms with van der Waals surface area (Å²) in [4.78, 5) is 0.166. The molecule has 164 valence electrons. The second-order valence-corrected chi connectivity index (χ2v) is 9.90. The molecule has 0 bridgehead atoms. The fourth-order valence-corrected chi connectivity index (χ4v) is 5.85. The Hall–Kier alpha value is -3.67. The van der Waals surface area contributed by atoms with E-state index in [1.165, 1.54) is 4.31 Å². The molecule has 4 aromatic carbocycles. The third-order valence-electron chi connectivity index (χ3n) is 5.96. The van der Waals surface area contributed by atoms with E-state index in [4.69, 9.17) is 0 Å². The summed E-state index contributed by atoms with van der Waals surface area (Å²) in [5.41, 5.74) is 1.94. The molecule has 1 aliphatic rings. The van der Waals surface area contributed by atoms with Crippen LogP contribution in [0.5, 0.6) is 0 Å². The van der Waals surface area contributed by atoms with Gasteiger partial charge in [0.25, 0.3) is 10.0 Å². The van der Waals surface area contributed by atoms with Crippen LogP contribution in [0.2, 0.25) is 0 Å². The summed E-state index contributed by atoms with van der Waals surface area (Å²) in [6, 6.07) is 32.5. The molecule has 0 aromatic heterocycles. The maximum Gasteiger partial charge on any atom is 0.268 e. The fraction of sp³-hybridized carbons (Fsp3) is 0.0714. The second-order valence-electron chi connectivity index (χ2n) is 8.12. The predicted molar refractivity (Wildman–Crippen MR) is 131 cm³/mol. The van der Waals surface area contributed by atoms with Crippen LogP contribution in [0.25, 0.3) is 6.08 Å². The Kier molecular flexibility index (Phi) is 5.16. The van der Waals surface area contributed by atoms with Gasteiger partial charge in [0.15, 0.2) is 5.60 Å². The lowest BCUT2D eigenvalue weighted by molar-refractivity contribution is 0.128. The minimum atomic E-state index is -4.01. The summed E-state index contributed by atoms with van der Waals surface area (Å²) >= 11 is 0. The van der Waals surface area contributed by atoms with Crippen molar-refractivity contribution in [3.05, 3.63) is 137 Å². The van der Waals surface area contributed by atoms with Gasteiger partial charge in [-0.15, -0.1) is 0 Å². The number of nitrogens with zero attached hydrogens (tertiary/aromatic N) is 1. The number of hydrogen-bond donors (Lipinski definition) is 1. The molecule has 0 radical (unpaired) electrons. The number of fused-ring (bicyclic) bond motifs is 1. The molecule has 1 N–H and O–H groups in total. The smallest absolute Gasteiger partial charge is 0.268 e. The standard InChI is InChI=1S/C28H23NO3S/c1-21-16-18-24(19-17-21)33(31,32)29-26-15-9-8-14-25(26)28(30,23-12-6-3-7-13-23)27(29)20-22-10-4-2-5-11-22/h2-20,30H,1H3/b27-20-. The molecule has 1 aliphatic heterocycles. The number of rotatable bonds is 4. The summed E-state index contributed by atoms with van der Waals surface area (Å²) < 4.78 is 29.3. The minimum Gasteiger partial charge on any atom is -0.374 e. The van der Waals surface area contributed by atoms with E-state index in [9.17, 15) is 13.5 Å². The average Bonchev–Trinajstić information content (AvgIpc) is 3.10. The highest BCUT2D eigenvalue weighted by Crippen LogP contribution is 2.52. The lowest BCUT2D eigenvalue weighted by atomic mass is 9.85. The number of anilines is 1. The summed E-state index contributed by atoms with van der Waals surface area (Å²) in [6.45, 7) is 1.91. The number of hydrogen-bond acceptors (Lipinski definition) is 3. The Morgan fingerprint density at radius 2 is 1.33 bits per heavy atom. The zero-order valence-electron chi connectivity index (χ0n) is 18.1. The number of sulfonamides is 1. The lowest BCUT2D eigenvalue weighted by Crippen LogP contribution is -2.35. The Bertz CT molecular complexity index is 1430. The minimum absolute atomic E-state index is 0.166. The Morgan fingerprint density at radius 1 is 0.758 bits per heavy atom. The molecule has 5 rings (SSSR count). The van der Waals surface area contributed by atoms with Crippen molar-refractivity contribution in [2.24, 2.45) is 0 Å². The number of aliphatic hydroxyl groups is 1. The van der Waals surface area contributed by atoms with Crippen molar-refractivity contribution in [2.45, 2.75) is 17.4 Å². The van der Waals surface area contributed by atoms with E-state index in [2.05, 4.69) is 0 Å². The highest BCUT2D eigenvalue weighted by molar-refractivity contribution is 7.93. The van der Waals surface area contributed by atoms with E-state index in [-0.39, 0.29) is 10.6 Å². The summed E-state index contributed by atoms with van der Waals surface area (Å²) in [5.74, 6) is 0. The van der Waals surface area contributed by atoms with Gasteiger partial charge in [0.2, 0.25) is 0 Å². The molecule has 33 heavy (non-hydrogen) atoms. The topological polar surface area (TPSA) is 57.6 Å². The van der Waals surface area contributed by atoms with Crippen LogP contribution in [0.3, 0.4) is 0 Å². The summed E-state index contributed by atoms with van der Waals surface area (Å²) in [6.07, 6.45) is 1.75. The van der Waals surface area contributed by atoms with E-state index < -0.39 is 15.6 Å². The normalized spacial score (nSPS) is 19.0. The summed E-state index contributed by atoms with van der Waals surface area (Å²) in [5, 5.41) is 12.3.